The molecule has 90 valence electrons. The maximum Gasteiger partial charge on any atom is 0.0601 e. The van der Waals surface area contributed by atoms with Crippen LogP contribution in [0.25, 0.3) is 0 Å². The van der Waals surface area contributed by atoms with E-state index in [1.165, 1.54) is 0 Å². The van der Waals surface area contributed by atoms with Crippen LogP contribution in [0.2, 0.25) is 0 Å². The molecule has 0 rings (SSSR count). The van der Waals surface area contributed by atoms with Gasteiger partial charge in [0.15, 0.2) is 0 Å². The molecule has 0 atom stereocenters. The van der Waals surface area contributed by atoms with E-state index in [0.717, 1.165) is 39.3 Å². The van der Waals surface area contributed by atoms with Crippen LogP contribution >= 0.6 is 12.4 Å². The summed E-state index contributed by atoms with van der Waals surface area (Å²) < 4.78 is 0. The molecular weight excluding hydrogens is 208 g/mol. The van der Waals surface area contributed by atoms with Crippen molar-refractivity contribution in [3.05, 3.63) is 0 Å². The Morgan fingerprint density at radius 1 is 0.667 bits per heavy atom. The van der Waals surface area contributed by atoms with E-state index in [9.17, 15) is 0 Å². The van der Waals surface area contributed by atoms with Crippen LogP contribution in [0.15, 0.2) is 0 Å². The molecule has 0 aromatic rings. The van der Waals surface area contributed by atoms with E-state index in [1.807, 2.05) is 0 Å². The number of hydrogen-bond donors (Lipinski definition) is 0. The summed E-state index contributed by atoms with van der Waals surface area (Å²) in [7, 11) is 0. The van der Waals surface area contributed by atoms with Gasteiger partial charge in [-0.15, -0.1) is 12.4 Å². The highest BCUT2D eigenvalue weighted by Crippen LogP contribution is 1.85. The van der Waals surface area contributed by atoms with Crippen LogP contribution in [-0.4, -0.2) is 49.1 Å². The van der Waals surface area contributed by atoms with Crippen LogP contribution < -0.4 is 0 Å². The highest BCUT2D eigenvalue weighted by Gasteiger charge is 1.95. The SMILES string of the molecule is CCN(CC)CC#CCN(CC)CC.Cl. The van der Waals surface area contributed by atoms with Gasteiger partial charge in [-0.2, -0.15) is 0 Å². The highest BCUT2D eigenvalue weighted by atomic mass is 35.5. The first kappa shape index (κ1) is 17.2. The third-order valence-electron chi connectivity index (χ3n) is 2.52. The fourth-order valence-corrected chi connectivity index (χ4v) is 1.23. The second-order valence-corrected chi connectivity index (χ2v) is 3.28. The van der Waals surface area contributed by atoms with Crippen LogP contribution in [0, 0.1) is 11.8 Å². The molecule has 0 radical (unpaired) electrons. The van der Waals surface area contributed by atoms with Gasteiger partial charge in [0.05, 0.1) is 13.1 Å². The Hall–Kier alpha value is -0.230. The second kappa shape index (κ2) is 11.8. The molecule has 0 aromatic carbocycles. The van der Waals surface area contributed by atoms with E-state index in [4.69, 9.17) is 0 Å². The quantitative estimate of drug-likeness (QED) is 0.648. The molecule has 0 bridgehead atoms. The normalized spacial score (nSPS) is 9.73. The van der Waals surface area contributed by atoms with Gasteiger partial charge >= 0.3 is 0 Å². The predicted molar refractivity (Wildman–Crippen MR) is 70.6 cm³/mol. The molecule has 0 saturated carbocycles. The molecule has 3 heteroatoms. The monoisotopic (exact) mass is 232 g/mol. The van der Waals surface area contributed by atoms with E-state index in [1.54, 1.807) is 0 Å². The van der Waals surface area contributed by atoms with Crippen LogP contribution in [0.1, 0.15) is 27.7 Å². The van der Waals surface area contributed by atoms with E-state index in [2.05, 4.69) is 49.3 Å². The molecule has 0 aliphatic heterocycles. The van der Waals surface area contributed by atoms with Crippen molar-refractivity contribution >= 4 is 12.4 Å². The standard InChI is InChI=1S/C12H24N2.ClH/c1-5-13(6-2)11-9-10-12-14(7-3)8-4;/h5-8,11-12H2,1-4H3;1H. The molecule has 0 unspecified atom stereocenters. The molecule has 0 saturated heterocycles. The molecule has 0 aromatic heterocycles. The summed E-state index contributed by atoms with van der Waals surface area (Å²) in [5.41, 5.74) is 0. The van der Waals surface area contributed by atoms with Gasteiger partial charge in [0.2, 0.25) is 0 Å². The highest BCUT2D eigenvalue weighted by molar-refractivity contribution is 5.85. The average Bonchev–Trinajstić information content (AvgIpc) is 2.24. The average molecular weight is 233 g/mol. The van der Waals surface area contributed by atoms with Crippen molar-refractivity contribution in [1.29, 1.82) is 0 Å². The molecule has 0 fully saturated rings. The third kappa shape index (κ3) is 8.74. The number of nitrogens with zero attached hydrogens (tertiary/aromatic N) is 2. The van der Waals surface area contributed by atoms with Crippen molar-refractivity contribution in [3.63, 3.8) is 0 Å². The fourth-order valence-electron chi connectivity index (χ4n) is 1.23. The Kier molecular flexibility index (Phi) is 13.6. The van der Waals surface area contributed by atoms with Gasteiger partial charge in [-0.25, -0.2) is 0 Å². The Morgan fingerprint density at radius 3 is 1.13 bits per heavy atom. The Balaban J connectivity index is 0. The molecule has 0 N–H and O–H groups in total. The molecule has 0 aliphatic carbocycles. The smallest absolute Gasteiger partial charge is 0.0601 e. The number of hydrogen-bond acceptors (Lipinski definition) is 2. The van der Waals surface area contributed by atoms with Crippen molar-refractivity contribution in [2.75, 3.05) is 39.3 Å². The Bertz CT molecular complexity index is 158. The molecule has 0 heterocycles. The van der Waals surface area contributed by atoms with Crippen molar-refractivity contribution in [2.24, 2.45) is 0 Å². The minimum absolute atomic E-state index is 0. The summed E-state index contributed by atoms with van der Waals surface area (Å²) in [5.74, 6) is 6.44. The maximum absolute atomic E-state index is 3.22. The van der Waals surface area contributed by atoms with Gasteiger partial charge in [0.1, 0.15) is 0 Å². The van der Waals surface area contributed by atoms with Crippen molar-refractivity contribution in [3.8, 4) is 11.8 Å². The molecule has 0 spiro atoms. The summed E-state index contributed by atoms with van der Waals surface area (Å²) in [6, 6.07) is 0. The van der Waals surface area contributed by atoms with Gasteiger partial charge in [-0.3, -0.25) is 9.80 Å². The summed E-state index contributed by atoms with van der Waals surface area (Å²) in [6.45, 7) is 14.9. The first-order chi connectivity index (χ1) is 6.78. The molecular formula is C12H25ClN2. The van der Waals surface area contributed by atoms with Crippen LogP contribution in [0.3, 0.4) is 0 Å². The van der Waals surface area contributed by atoms with Crippen molar-refractivity contribution in [2.45, 2.75) is 27.7 Å². The van der Waals surface area contributed by atoms with Crippen LogP contribution in [0.5, 0.6) is 0 Å². The van der Waals surface area contributed by atoms with Gasteiger partial charge < -0.3 is 0 Å². The van der Waals surface area contributed by atoms with Gasteiger partial charge in [-0.1, -0.05) is 39.5 Å². The van der Waals surface area contributed by atoms with Crippen molar-refractivity contribution in [1.82, 2.24) is 9.80 Å². The lowest BCUT2D eigenvalue weighted by atomic mass is 10.4. The first-order valence-corrected chi connectivity index (χ1v) is 5.68. The third-order valence-corrected chi connectivity index (χ3v) is 2.52. The van der Waals surface area contributed by atoms with E-state index >= 15 is 0 Å². The first-order valence-electron chi connectivity index (χ1n) is 5.68. The van der Waals surface area contributed by atoms with Crippen molar-refractivity contribution < 1.29 is 0 Å². The number of rotatable bonds is 6. The lowest BCUT2D eigenvalue weighted by molar-refractivity contribution is 0.337. The van der Waals surface area contributed by atoms with Gasteiger partial charge in [-0.05, 0) is 26.2 Å². The lowest BCUT2D eigenvalue weighted by Crippen LogP contribution is -2.24. The molecule has 0 amide bonds. The van der Waals surface area contributed by atoms with E-state index in [0.29, 0.717) is 0 Å². The Labute approximate surface area is 101 Å². The lowest BCUT2D eigenvalue weighted by Gasteiger charge is -2.15. The van der Waals surface area contributed by atoms with Crippen LogP contribution in [-0.2, 0) is 0 Å². The summed E-state index contributed by atoms with van der Waals surface area (Å²) in [4.78, 5) is 4.66. The Morgan fingerprint density at radius 2 is 0.933 bits per heavy atom. The summed E-state index contributed by atoms with van der Waals surface area (Å²) in [5, 5.41) is 0. The van der Waals surface area contributed by atoms with Crippen LogP contribution in [0.4, 0.5) is 0 Å². The summed E-state index contributed by atoms with van der Waals surface area (Å²) in [6.07, 6.45) is 0. The van der Waals surface area contributed by atoms with E-state index < -0.39 is 0 Å². The maximum atomic E-state index is 3.22. The zero-order valence-electron chi connectivity index (χ0n) is 10.5. The fraction of sp³-hybridized carbons (Fsp3) is 0.833. The minimum Gasteiger partial charge on any atom is -0.293 e. The van der Waals surface area contributed by atoms with Gasteiger partial charge in [0, 0.05) is 0 Å². The molecule has 15 heavy (non-hydrogen) atoms. The van der Waals surface area contributed by atoms with Gasteiger partial charge in [0.25, 0.3) is 0 Å². The number of halogens is 1. The topological polar surface area (TPSA) is 6.48 Å². The largest absolute Gasteiger partial charge is 0.293 e. The zero-order valence-corrected chi connectivity index (χ0v) is 11.4. The minimum atomic E-state index is 0. The second-order valence-electron chi connectivity index (χ2n) is 3.28. The van der Waals surface area contributed by atoms with E-state index in [-0.39, 0.29) is 12.4 Å². The molecule has 2 nitrogen and oxygen atoms in total. The predicted octanol–water partition coefficient (Wildman–Crippen LogP) is 2.10. The summed E-state index contributed by atoms with van der Waals surface area (Å²) >= 11 is 0. The molecule has 0 aliphatic rings. The zero-order chi connectivity index (χ0) is 10.8.